The minimum Gasteiger partial charge on any atom is -0.394 e. The average Bonchev–Trinajstić information content (AvgIpc) is 2.47. The molecule has 0 radical (unpaired) electrons. The monoisotopic (exact) mass is 289 g/mol. The number of carbonyl (C=O) groups is 1. The van der Waals surface area contributed by atoms with Crippen molar-refractivity contribution >= 4 is 12.5 Å². The molecule has 0 amide bonds. The number of nitrogens with zero attached hydrogens (tertiary/aromatic N) is 1. The lowest BCUT2D eigenvalue weighted by Gasteiger charge is -2.41. The van der Waals surface area contributed by atoms with Crippen LogP contribution in [-0.2, 0) is 19.0 Å². The van der Waals surface area contributed by atoms with Crippen LogP contribution in [-0.4, -0.2) is 74.2 Å². The standard InChI is InChI=1S/C13H23NO6/c1-18-12-9(8-16)20-13(19-2)10(11(12)17)14-6-4-3-5-7-15/h6-7,9-13,16-17H,3-5,8H2,1-2H3/b14-6+. The Kier molecular flexibility index (Phi) is 7.86. The van der Waals surface area contributed by atoms with Gasteiger partial charge < -0.3 is 29.2 Å². The van der Waals surface area contributed by atoms with Crippen molar-refractivity contribution in [2.45, 2.75) is 49.9 Å². The van der Waals surface area contributed by atoms with Crippen molar-refractivity contribution in [2.75, 3.05) is 20.8 Å². The van der Waals surface area contributed by atoms with E-state index in [2.05, 4.69) is 4.99 Å². The lowest BCUT2D eigenvalue weighted by molar-refractivity contribution is -0.262. The highest BCUT2D eigenvalue weighted by Gasteiger charge is 2.45. The molecule has 0 aromatic rings. The number of aliphatic hydroxyl groups excluding tert-OH is 2. The van der Waals surface area contributed by atoms with Gasteiger partial charge in [-0.15, -0.1) is 0 Å². The van der Waals surface area contributed by atoms with E-state index in [-0.39, 0.29) is 6.61 Å². The molecule has 0 saturated carbocycles. The van der Waals surface area contributed by atoms with Crippen LogP contribution in [0.3, 0.4) is 0 Å². The Morgan fingerprint density at radius 1 is 1.30 bits per heavy atom. The van der Waals surface area contributed by atoms with Crippen molar-refractivity contribution in [1.82, 2.24) is 0 Å². The summed E-state index contributed by atoms with van der Waals surface area (Å²) in [4.78, 5) is 14.5. The first-order valence-electron chi connectivity index (χ1n) is 6.64. The normalized spacial score (nSPS) is 34.5. The molecule has 0 spiro atoms. The number of rotatable bonds is 8. The molecule has 5 atom stereocenters. The number of ether oxygens (including phenoxy) is 3. The van der Waals surface area contributed by atoms with Crippen molar-refractivity contribution < 1.29 is 29.2 Å². The van der Waals surface area contributed by atoms with Gasteiger partial charge in [-0.1, -0.05) is 0 Å². The molecule has 7 nitrogen and oxygen atoms in total. The van der Waals surface area contributed by atoms with Crippen LogP contribution in [0.15, 0.2) is 4.99 Å². The van der Waals surface area contributed by atoms with Gasteiger partial charge in [0, 0.05) is 20.6 Å². The van der Waals surface area contributed by atoms with E-state index in [1.54, 1.807) is 6.21 Å². The molecule has 0 aliphatic carbocycles. The molecule has 5 unspecified atom stereocenters. The second-order valence-electron chi connectivity index (χ2n) is 4.57. The summed E-state index contributed by atoms with van der Waals surface area (Å²) in [7, 11) is 2.89. The van der Waals surface area contributed by atoms with Crippen LogP contribution in [0.2, 0.25) is 0 Å². The van der Waals surface area contributed by atoms with E-state index in [9.17, 15) is 15.0 Å². The molecule has 0 bridgehead atoms. The van der Waals surface area contributed by atoms with E-state index < -0.39 is 30.6 Å². The Balaban J connectivity index is 2.67. The van der Waals surface area contributed by atoms with E-state index in [4.69, 9.17) is 14.2 Å². The van der Waals surface area contributed by atoms with Gasteiger partial charge in [-0.05, 0) is 19.1 Å². The zero-order chi connectivity index (χ0) is 15.0. The molecule has 1 aliphatic heterocycles. The number of aliphatic imine (C=N–C) groups is 1. The van der Waals surface area contributed by atoms with Crippen molar-refractivity contribution in [3.05, 3.63) is 0 Å². The predicted octanol–water partition coefficient (Wildman–Crippen LogP) is -0.465. The molecule has 1 aliphatic rings. The van der Waals surface area contributed by atoms with Crippen LogP contribution in [0.4, 0.5) is 0 Å². The lowest BCUT2D eigenvalue weighted by atomic mass is 9.97. The van der Waals surface area contributed by atoms with Crippen molar-refractivity contribution in [3.8, 4) is 0 Å². The van der Waals surface area contributed by atoms with E-state index in [1.807, 2.05) is 0 Å². The Hall–Kier alpha value is -0.860. The summed E-state index contributed by atoms with van der Waals surface area (Å²) in [5, 5.41) is 19.5. The molecular weight excluding hydrogens is 266 g/mol. The van der Waals surface area contributed by atoms with Crippen LogP contribution < -0.4 is 0 Å². The first-order chi connectivity index (χ1) is 9.69. The SMILES string of the molecule is COC1OC(CO)C(OC)C(O)C1/N=C/CCCC=O. The number of hydrogen-bond acceptors (Lipinski definition) is 7. The third kappa shape index (κ3) is 4.32. The quantitative estimate of drug-likeness (QED) is 0.356. The summed E-state index contributed by atoms with van der Waals surface area (Å²) < 4.78 is 15.8. The molecule has 2 N–H and O–H groups in total. The molecule has 1 heterocycles. The summed E-state index contributed by atoms with van der Waals surface area (Å²) >= 11 is 0. The van der Waals surface area contributed by atoms with Gasteiger partial charge in [-0.2, -0.15) is 0 Å². The molecule has 7 heteroatoms. The molecule has 20 heavy (non-hydrogen) atoms. The highest BCUT2D eigenvalue weighted by Crippen LogP contribution is 2.25. The Morgan fingerprint density at radius 2 is 2.05 bits per heavy atom. The van der Waals surface area contributed by atoms with Crippen LogP contribution in [0, 0.1) is 0 Å². The second kappa shape index (κ2) is 9.15. The molecule has 1 saturated heterocycles. The highest BCUT2D eigenvalue weighted by molar-refractivity contribution is 5.58. The summed E-state index contributed by atoms with van der Waals surface area (Å²) in [6.07, 6.45) is 1.35. The van der Waals surface area contributed by atoms with Crippen molar-refractivity contribution in [2.24, 2.45) is 4.99 Å². The van der Waals surface area contributed by atoms with Gasteiger partial charge in [0.15, 0.2) is 6.29 Å². The summed E-state index contributed by atoms with van der Waals surface area (Å²) in [5.74, 6) is 0. The maximum absolute atomic E-state index is 10.3. The Morgan fingerprint density at radius 3 is 2.60 bits per heavy atom. The predicted molar refractivity (Wildman–Crippen MR) is 71.8 cm³/mol. The molecule has 1 rings (SSSR count). The van der Waals surface area contributed by atoms with Gasteiger partial charge >= 0.3 is 0 Å². The van der Waals surface area contributed by atoms with E-state index in [0.29, 0.717) is 19.3 Å². The molecule has 0 aromatic carbocycles. The minimum absolute atomic E-state index is 0.273. The van der Waals surface area contributed by atoms with Gasteiger partial charge in [0.2, 0.25) is 0 Å². The zero-order valence-electron chi connectivity index (χ0n) is 11.8. The van der Waals surface area contributed by atoms with Crippen LogP contribution in [0.5, 0.6) is 0 Å². The number of methoxy groups -OCH3 is 2. The third-order valence-corrected chi connectivity index (χ3v) is 3.26. The van der Waals surface area contributed by atoms with Crippen LogP contribution >= 0.6 is 0 Å². The van der Waals surface area contributed by atoms with Gasteiger partial charge in [0.05, 0.1) is 6.61 Å². The van der Waals surface area contributed by atoms with Gasteiger partial charge in [0.1, 0.15) is 30.6 Å². The van der Waals surface area contributed by atoms with Gasteiger partial charge in [-0.3, -0.25) is 4.99 Å². The van der Waals surface area contributed by atoms with E-state index >= 15 is 0 Å². The number of hydrogen-bond donors (Lipinski definition) is 2. The minimum atomic E-state index is -0.932. The smallest absolute Gasteiger partial charge is 0.182 e. The zero-order valence-corrected chi connectivity index (χ0v) is 11.8. The Labute approximate surface area is 118 Å². The highest BCUT2D eigenvalue weighted by atomic mass is 16.7. The summed E-state index contributed by atoms with van der Waals surface area (Å²) in [6.45, 7) is -0.273. The van der Waals surface area contributed by atoms with Crippen LogP contribution in [0.1, 0.15) is 19.3 Å². The van der Waals surface area contributed by atoms with Gasteiger partial charge in [-0.25, -0.2) is 0 Å². The van der Waals surface area contributed by atoms with Crippen LogP contribution in [0.25, 0.3) is 0 Å². The molecule has 1 fully saturated rings. The maximum atomic E-state index is 10.3. The molecule has 116 valence electrons. The largest absolute Gasteiger partial charge is 0.394 e. The van der Waals surface area contributed by atoms with Crippen molar-refractivity contribution in [3.63, 3.8) is 0 Å². The van der Waals surface area contributed by atoms with E-state index in [1.165, 1.54) is 14.2 Å². The number of carbonyl (C=O) groups excluding carboxylic acids is 1. The topological polar surface area (TPSA) is 97.6 Å². The average molecular weight is 289 g/mol. The van der Waals surface area contributed by atoms with Crippen molar-refractivity contribution in [1.29, 1.82) is 0 Å². The summed E-state index contributed by atoms with van der Waals surface area (Å²) in [6, 6.07) is -0.621. The summed E-state index contributed by atoms with van der Waals surface area (Å²) in [5.41, 5.74) is 0. The fourth-order valence-corrected chi connectivity index (χ4v) is 2.19. The fraction of sp³-hybridized carbons (Fsp3) is 0.846. The van der Waals surface area contributed by atoms with Gasteiger partial charge in [0.25, 0.3) is 0 Å². The molecule has 0 aromatic heterocycles. The Bertz CT molecular complexity index is 311. The number of unbranched alkanes of at least 4 members (excludes halogenated alkanes) is 2. The first kappa shape index (κ1) is 17.2. The van der Waals surface area contributed by atoms with E-state index in [0.717, 1.165) is 6.29 Å². The number of aliphatic hydroxyl groups is 2. The fourth-order valence-electron chi connectivity index (χ4n) is 2.19. The second-order valence-corrected chi connectivity index (χ2v) is 4.57. The maximum Gasteiger partial charge on any atom is 0.182 e. The lowest BCUT2D eigenvalue weighted by Crippen LogP contribution is -2.59. The first-order valence-corrected chi connectivity index (χ1v) is 6.64. The number of aldehydes is 1. The molecular formula is C13H23NO6. The third-order valence-electron chi connectivity index (χ3n) is 3.26.